The van der Waals surface area contributed by atoms with Crippen molar-refractivity contribution in [2.24, 2.45) is 0 Å². The number of hydrogen-bond acceptors (Lipinski definition) is 5. The summed E-state index contributed by atoms with van der Waals surface area (Å²) in [6.07, 6.45) is 0. The lowest BCUT2D eigenvalue weighted by Crippen LogP contribution is -2.21. The van der Waals surface area contributed by atoms with E-state index in [1.54, 1.807) is 18.2 Å². The van der Waals surface area contributed by atoms with Crippen LogP contribution in [0.2, 0.25) is 0 Å². The van der Waals surface area contributed by atoms with Gasteiger partial charge in [0.1, 0.15) is 0 Å². The Hall–Kier alpha value is -2.54. The Morgan fingerprint density at radius 1 is 1.04 bits per heavy atom. The van der Waals surface area contributed by atoms with Crippen LogP contribution < -0.4 is 14.8 Å². The number of benzene rings is 2. The molecule has 0 unspecified atom stereocenters. The van der Waals surface area contributed by atoms with Crippen LogP contribution in [0.25, 0.3) is 0 Å². The lowest BCUT2D eigenvalue weighted by molar-refractivity contribution is -0.119. The second kappa shape index (κ2) is 8.53. The summed E-state index contributed by atoms with van der Waals surface area (Å²) in [5.41, 5.74) is 1.89. The summed E-state index contributed by atoms with van der Waals surface area (Å²) >= 11 is 3.39. The zero-order chi connectivity index (χ0) is 18.4. The highest BCUT2D eigenvalue weighted by Crippen LogP contribution is 2.27. The van der Waals surface area contributed by atoms with Gasteiger partial charge in [-0.3, -0.25) is 4.79 Å². The summed E-state index contributed by atoms with van der Waals surface area (Å²) in [4.78, 5) is 24.0. The third-order valence-corrected chi connectivity index (χ3v) is 4.29. The molecule has 0 aromatic heterocycles. The maximum absolute atomic E-state index is 12.1. The number of carbonyl (C=O) groups is 2. The molecule has 1 amide bonds. The molecular formula is C18H18BrNO5. The van der Waals surface area contributed by atoms with E-state index in [0.29, 0.717) is 17.2 Å². The van der Waals surface area contributed by atoms with Gasteiger partial charge in [-0.05, 0) is 48.9 Å². The van der Waals surface area contributed by atoms with Gasteiger partial charge in [-0.2, -0.15) is 0 Å². The molecule has 6 nitrogen and oxygen atoms in total. The zero-order valence-corrected chi connectivity index (χ0v) is 15.7. The van der Waals surface area contributed by atoms with E-state index >= 15 is 0 Å². The van der Waals surface area contributed by atoms with Crippen molar-refractivity contribution in [3.05, 3.63) is 52.0 Å². The highest BCUT2D eigenvalue weighted by molar-refractivity contribution is 9.10. The molecule has 0 heterocycles. The fourth-order valence-corrected chi connectivity index (χ4v) is 2.34. The van der Waals surface area contributed by atoms with Gasteiger partial charge in [-0.15, -0.1) is 0 Å². The fourth-order valence-electron chi connectivity index (χ4n) is 2.10. The molecule has 132 valence electrons. The molecule has 0 saturated carbocycles. The van der Waals surface area contributed by atoms with Crippen LogP contribution in [0.15, 0.2) is 40.9 Å². The number of nitrogens with one attached hydrogen (secondary N) is 1. The van der Waals surface area contributed by atoms with Crippen molar-refractivity contribution in [3.8, 4) is 11.5 Å². The van der Waals surface area contributed by atoms with Gasteiger partial charge in [-0.1, -0.05) is 15.9 Å². The van der Waals surface area contributed by atoms with E-state index in [1.165, 1.54) is 20.3 Å². The van der Waals surface area contributed by atoms with Crippen LogP contribution in [0.3, 0.4) is 0 Å². The number of carbonyl (C=O) groups excluding carboxylic acids is 2. The molecule has 0 radical (unpaired) electrons. The first kappa shape index (κ1) is 18.8. The third-order valence-electron chi connectivity index (χ3n) is 3.40. The number of rotatable bonds is 6. The van der Waals surface area contributed by atoms with Gasteiger partial charge in [0.05, 0.1) is 19.8 Å². The first-order valence-electron chi connectivity index (χ1n) is 7.39. The first-order valence-corrected chi connectivity index (χ1v) is 8.19. The summed E-state index contributed by atoms with van der Waals surface area (Å²) in [6.45, 7) is 1.53. The number of hydrogen-bond donors (Lipinski definition) is 1. The van der Waals surface area contributed by atoms with Crippen LogP contribution in [0.5, 0.6) is 11.5 Å². The number of aryl methyl sites for hydroxylation is 1. The van der Waals surface area contributed by atoms with Crippen molar-refractivity contribution < 1.29 is 23.8 Å². The predicted molar refractivity (Wildman–Crippen MR) is 97.3 cm³/mol. The Morgan fingerprint density at radius 3 is 2.40 bits per heavy atom. The maximum Gasteiger partial charge on any atom is 0.338 e. The smallest absolute Gasteiger partial charge is 0.338 e. The van der Waals surface area contributed by atoms with E-state index < -0.39 is 11.9 Å². The van der Waals surface area contributed by atoms with Gasteiger partial charge in [-0.25, -0.2) is 4.79 Å². The maximum atomic E-state index is 12.1. The predicted octanol–water partition coefficient (Wildman–Crippen LogP) is 3.57. The topological polar surface area (TPSA) is 73.9 Å². The molecule has 2 aromatic rings. The SMILES string of the molecule is COc1ccc(C(=O)OCC(=O)Nc2ccc(Br)c(C)c2)cc1OC. The molecular weight excluding hydrogens is 390 g/mol. The van der Waals surface area contributed by atoms with Crippen LogP contribution in [0.4, 0.5) is 5.69 Å². The summed E-state index contributed by atoms with van der Waals surface area (Å²) in [7, 11) is 2.98. The molecule has 25 heavy (non-hydrogen) atoms. The van der Waals surface area contributed by atoms with Gasteiger partial charge in [0.25, 0.3) is 5.91 Å². The minimum atomic E-state index is -0.622. The molecule has 7 heteroatoms. The van der Waals surface area contributed by atoms with Crippen LogP contribution in [-0.2, 0) is 9.53 Å². The van der Waals surface area contributed by atoms with Gasteiger partial charge in [0.15, 0.2) is 18.1 Å². The average molecular weight is 408 g/mol. The summed E-state index contributed by atoms with van der Waals surface area (Å²) in [5, 5.41) is 2.68. The van der Waals surface area contributed by atoms with Gasteiger partial charge in [0.2, 0.25) is 0 Å². The Bertz CT molecular complexity index is 791. The number of methoxy groups -OCH3 is 2. The second-order valence-electron chi connectivity index (χ2n) is 5.16. The monoisotopic (exact) mass is 407 g/mol. The van der Waals surface area contributed by atoms with Gasteiger partial charge >= 0.3 is 5.97 Å². The van der Waals surface area contributed by atoms with E-state index in [4.69, 9.17) is 14.2 Å². The average Bonchev–Trinajstić information content (AvgIpc) is 2.62. The molecule has 2 aromatic carbocycles. The summed E-state index contributed by atoms with van der Waals surface area (Å²) in [6, 6.07) is 10.0. The highest BCUT2D eigenvalue weighted by atomic mass is 79.9. The standard InChI is InChI=1S/C18H18BrNO5/c1-11-8-13(5-6-14(11)19)20-17(21)10-25-18(22)12-4-7-15(23-2)16(9-12)24-3/h4-9H,10H2,1-3H3,(H,20,21). The van der Waals surface area contributed by atoms with Crippen LogP contribution in [0, 0.1) is 6.92 Å². The molecule has 0 fully saturated rings. The van der Waals surface area contributed by atoms with Crippen molar-refractivity contribution in [3.63, 3.8) is 0 Å². The van der Waals surface area contributed by atoms with Crippen LogP contribution >= 0.6 is 15.9 Å². The molecule has 0 atom stereocenters. The molecule has 0 spiro atoms. The summed E-state index contributed by atoms with van der Waals surface area (Å²) in [5.74, 6) is -0.132. The number of esters is 1. The summed E-state index contributed by atoms with van der Waals surface area (Å²) < 4.78 is 16.2. The van der Waals surface area contributed by atoms with Crippen molar-refractivity contribution in [1.82, 2.24) is 0 Å². The van der Waals surface area contributed by atoms with Crippen LogP contribution in [-0.4, -0.2) is 32.7 Å². The number of ether oxygens (including phenoxy) is 3. The Labute approximate surface area is 154 Å². The van der Waals surface area contributed by atoms with Crippen molar-refractivity contribution in [1.29, 1.82) is 0 Å². The molecule has 0 aliphatic heterocycles. The van der Waals surface area contributed by atoms with Gasteiger partial charge in [0, 0.05) is 10.2 Å². The van der Waals surface area contributed by atoms with E-state index in [9.17, 15) is 9.59 Å². The van der Waals surface area contributed by atoms with Gasteiger partial charge < -0.3 is 19.5 Å². The van der Waals surface area contributed by atoms with Crippen molar-refractivity contribution in [2.75, 3.05) is 26.1 Å². The quantitative estimate of drug-likeness (QED) is 0.740. The number of amides is 1. The minimum absolute atomic E-state index is 0.268. The van der Waals surface area contributed by atoms with E-state index in [-0.39, 0.29) is 12.2 Å². The van der Waals surface area contributed by atoms with E-state index in [0.717, 1.165) is 10.0 Å². The Kier molecular flexibility index (Phi) is 6.41. The highest BCUT2D eigenvalue weighted by Gasteiger charge is 2.14. The minimum Gasteiger partial charge on any atom is -0.493 e. The van der Waals surface area contributed by atoms with E-state index in [2.05, 4.69) is 21.2 Å². The third kappa shape index (κ3) is 4.96. The first-order chi connectivity index (χ1) is 11.9. The molecule has 0 aliphatic rings. The Morgan fingerprint density at radius 2 is 1.76 bits per heavy atom. The lowest BCUT2D eigenvalue weighted by Gasteiger charge is -2.10. The van der Waals surface area contributed by atoms with Crippen molar-refractivity contribution >= 4 is 33.5 Å². The molecule has 2 rings (SSSR count). The second-order valence-corrected chi connectivity index (χ2v) is 6.01. The molecule has 0 aliphatic carbocycles. The lowest BCUT2D eigenvalue weighted by atomic mass is 10.2. The number of halogens is 1. The normalized spacial score (nSPS) is 10.1. The molecule has 1 N–H and O–H groups in total. The van der Waals surface area contributed by atoms with Crippen molar-refractivity contribution in [2.45, 2.75) is 6.92 Å². The Balaban J connectivity index is 1.94. The van der Waals surface area contributed by atoms with E-state index in [1.807, 2.05) is 19.1 Å². The molecule has 0 saturated heterocycles. The largest absolute Gasteiger partial charge is 0.493 e. The van der Waals surface area contributed by atoms with Crippen LogP contribution in [0.1, 0.15) is 15.9 Å². The fraction of sp³-hybridized carbons (Fsp3) is 0.222. The molecule has 0 bridgehead atoms. The number of anilines is 1. The zero-order valence-electron chi connectivity index (χ0n) is 14.1.